The summed E-state index contributed by atoms with van der Waals surface area (Å²) in [6.45, 7) is 0.512. The van der Waals surface area contributed by atoms with Crippen LogP contribution in [0.3, 0.4) is 0 Å². The second-order valence-electron chi connectivity index (χ2n) is 6.19. The Morgan fingerprint density at radius 2 is 2.04 bits per heavy atom. The summed E-state index contributed by atoms with van der Waals surface area (Å²) >= 11 is 1.65. The number of thiophene rings is 1. The average Bonchev–Trinajstić information content (AvgIpc) is 3.33. The number of para-hydroxylation sites is 1. The molecule has 7 heteroatoms. The zero-order chi connectivity index (χ0) is 19.2. The molecule has 1 N–H and O–H groups in total. The van der Waals surface area contributed by atoms with Crippen molar-refractivity contribution in [3.05, 3.63) is 76.1 Å². The molecule has 0 aliphatic carbocycles. The molecule has 2 aromatic heterocycles. The van der Waals surface area contributed by atoms with E-state index >= 15 is 0 Å². The van der Waals surface area contributed by atoms with E-state index in [1.54, 1.807) is 35.6 Å². The summed E-state index contributed by atoms with van der Waals surface area (Å²) in [5, 5.41) is 4.91. The molecule has 0 spiro atoms. The summed E-state index contributed by atoms with van der Waals surface area (Å²) < 4.78 is 24.5. The number of likely N-dealkylation sites (N-methyl/N-ethyl adjacent to an activating group) is 1. The minimum Gasteiger partial charge on any atom is -0.483 e. The van der Waals surface area contributed by atoms with Gasteiger partial charge in [-0.1, -0.05) is 18.2 Å². The standard InChI is InChI=1S/C20H21FN2O3S/c1-23(2)16(19-8-5-11-27-19)12-22-20(24)18-10-9-14(26-18)13-25-17-7-4-3-6-15(17)21/h3-11,16H,12-13H2,1-2H3,(H,22,24)/t16-/m0/s1. The molecule has 0 aliphatic heterocycles. The van der Waals surface area contributed by atoms with Crippen molar-refractivity contribution in [2.75, 3.05) is 20.6 Å². The summed E-state index contributed by atoms with van der Waals surface area (Å²) in [7, 11) is 3.95. The van der Waals surface area contributed by atoms with Crippen LogP contribution >= 0.6 is 11.3 Å². The molecule has 0 saturated carbocycles. The number of hydrogen-bond acceptors (Lipinski definition) is 5. The fourth-order valence-electron chi connectivity index (χ4n) is 2.58. The Bertz CT molecular complexity index is 877. The van der Waals surface area contributed by atoms with Crippen LogP contribution in [-0.2, 0) is 6.61 Å². The van der Waals surface area contributed by atoms with Crippen LogP contribution in [0, 0.1) is 5.82 Å². The van der Waals surface area contributed by atoms with Crippen LogP contribution in [0.15, 0.2) is 58.3 Å². The molecule has 2 heterocycles. The van der Waals surface area contributed by atoms with E-state index in [1.807, 2.05) is 31.6 Å². The molecule has 0 fully saturated rings. The molecule has 0 saturated heterocycles. The Balaban J connectivity index is 1.56. The summed E-state index contributed by atoms with van der Waals surface area (Å²) in [4.78, 5) is 15.6. The average molecular weight is 388 g/mol. The molecule has 1 aromatic carbocycles. The van der Waals surface area contributed by atoms with Crippen molar-refractivity contribution in [2.45, 2.75) is 12.6 Å². The topological polar surface area (TPSA) is 54.7 Å². The monoisotopic (exact) mass is 388 g/mol. The van der Waals surface area contributed by atoms with Gasteiger partial charge in [-0.3, -0.25) is 4.79 Å². The quantitative estimate of drug-likeness (QED) is 0.631. The first-order valence-corrected chi connectivity index (χ1v) is 9.36. The van der Waals surface area contributed by atoms with Crippen LogP contribution < -0.4 is 10.1 Å². The van der Waals surface area contributed by atoms with E-state index in [1.165, 1.54) is 17.0 Å². The molecule has 0 radical (unpaired) electrons. The smallest absolute Gasteiger partial charge is 0.287 e. The normalized spacial score (nSPS) is 12.1. The largest absolute Gasteiger partial charge is 0.483 e. The van der Waals surface area contributed by atoms with E-state index in [0.29, 0.717) is 12.3 Å². The van der Waals surface area contributed by atoms with Gasteiger partial charge in [-0.2, -0.15) is 0 Å². The number of rotatable bonds is 8. The Hall–Kier alpha value is -2.64. The summed E-state index contributed by atoms with van der Waals surface area (Å²) in [6.07, 6.45) is 0. The first kappa shape index (κ1) is 19.1. The minimum absolute atomic E-state index is 0.0454. The van der Waals surface area contributed by atoms with Crippen LogP contribution in [0.1, 0.15) is 27.2 Å². The molecule has 3 aromatic rings. The van der Waals surface area contributed by atoms with Crippen molar-refractivity contribution in [3.63, 3.8) is 0 Å². The van der Waals surface area contributed by atoms with Gasteiger partial charge in [-0.25, -0.2) is 4.39 Å². The first-order chi connectivity index (χ1) is 13.0. The minimum atomic E-state index is -0.440. The van der Waals surface area contributed by atoms with Crippen molar-refractivity contribution in [3.8, 4) is 5.75 Å². The molecule has 142 valence electrons. The number of carbonyl (C=O) groups is 1. The Morgan fingerprint density at radius 3 is 2.74 bits per heavy atom. The maximum atomic E-state index is 13.6. The number of furan rings is 1. The van der Waals surface area contributed by atoms with Crippen molar-refractivity contribution < 1.29 is 18.3 Å². The van der Waals surface area contributed by atoms with Gasteiger partial charge in [0.15, 0.2) is 17.3 Å². The van der Waals surface area contributed by atoms with Crippen molar-refractivity contribution >= 4 is 17.2 Å². The highest BCUT2D eigenvalue weighted by Gasteiger charge is 2.18. The van der Waals surface area contributed by atoms with Gasteiger partial charge < -0.3 is 19.4 Å². The molecule has 5 nitrogen and oxygen atoms in total. The number of amides is 1. The van der Waals surface area contributed by atoms with Crippen LogP contribution in [0.5, 0.6) is 5.75 Å². The highest BCUT2D eigenvalue weighted by Crippen LogP contribution is 2.22. The maximum Gasteiger partial charge on any atom is 0.287 e. The number of halogens is 1. The Labute approximate surface area is 161 Å². The van der Waals surface area contributed by atoms with E-state index in [0.717, 1.165) is 0 Å². The van der Waals surface area contributed by atoms with Gasteiger partial charge in [-0.05, 0) is 49.8 Å². The first-order valence-electron chi connectivity index (χ1n) is 8.48. The van der Waals surface area contributed by atoms with Gasteiger partial charge >= 0.3 is 0 Å². The molecule has 27 heavy (non-hydrogen) atoms. The van der Waals surface area contributed by atoms with Gasteiger partial charge in [-0.15, -0.1) is 11.3 Å². The number of nitrogens with zero attached hydrogens (tertiary/aromatic N) is 1. The second kappa shape index (κ2) is 8.83. The lowest BCUT2D eigenvalue weighted by Gasteiger charge is -2.23. The maximum absolute atomic E-state index is 13.6. The SMILES string of the molecule is CN(C)[C@@H](CNC(=O)c1ccc(COc2ccccc2F)o1)c1cccs1. The van der Waals surface area contributed by atoms with Gasteiger partial charge in [0.05, 0.1) is 6.04 Å². The van der Waals surface area contributed by atoms with E-state index in [2.05, 4.69) is 10.2 Å². The highest BCUT2D eigenvalue weighted by molar-refractivity contribution is 7.10. The number of nitrogens with one attached hydrogen (secondary N) is 1. The third-order valence-corrected chi connectivity index (χ3v) is 5.02. The van der Waals surface area contributed by atoms with Crippen LogP contribution in [0.4, 0.5) is 4.39 Å². The zero-order valence-corrected chi connectivity index (χ0v) is 16.0. The fraction of sp³-hybridized carbons (Fsp3) is 0.250. The molecule has 0 aliphatic rings. The molecular weight excluding hydrogens is 367 g/mol. The third-order valence-electron chi connectivity index (χ3n) is 4.04. The van der Waals surface area contributed by atoms with E-state index in [9.17, 15) is 9.18 Å². The fourth-order valence-corrected chi connectivity index (χ4v) is 3.51. The lowest BCUT2D eigenvalue weighted by Crippen LogP contribution is -2.34. The van der Waals surface area contributed by atoms with E-state index in [4.69, 9.17) is 9.15 Å². The van der Waals surface area contributed by atoms with Crippen molar-refractivity contribution in [1.82, 2.24) is 10.2 Å². The van der Waals surface area contributed by atoms with Gasteiger partial charge in [0.1, 0.15) is 12.4 Å². The predicted molar refractivity (Wildman–Crippen MR) is 103 cm³/mol. The van der Waals surface area contributed by atoms with E-state index < -0.39 is 5.82 Å². The number of carbonyl (C=O) groups excluding carboxylic acids is 1. The summed E-state index contributed by atoms with van der Waals surface area (Å²) in [6, 6.07) is 13.5. The lowest BCUT2D eigenvalue weighted by molar-refractivity contribution is 0.0910. The van der Waals surface area contributed by atoms with Crippen LogP contribution in [0.25, 0.3) is 0 Å². The highest BCUT2D eigenvalue weighted by atomic mass is 32.1. The van der Waals surface area contributed by atoms with Crippen LogP contribution in [0.2, 0.25) is 0 Å². The van der Waals surface area contributed by atoms with Crippen LogP contribution in [-0.4, -0.2) is 31.4 Å². The molecule has 0 unspecified atom stereocenters. The number of hydrogen-bond donors (Lipinski definition) is 1. The zero-order valence-electron chi connectivity index (χ0n) is 15.1. The molecule has 1 atom stereocenters. The molecule has 3 rings (SSSR count). The Kier molecular flexibility index (Phi) is 6.26. The Morgan fingerprint density at radius 1 is 1.22 bits per heavy atom. The second-order valence-corrected chi connectivity index (χ2v) is 7.17. The lowest BCUT2D eigenvalue weighted by atomic mass is 10.2. The predicted octanol–water partition coefficient (Wildman–Crippen LogP) is 4.09. The molecule has 0 bridgehead atoms. The molecular formula is C20H21FN2O3S. The molecule has 1 amide bonds. The van der Waals surface area contributed by atoms with Crippen molar-refractivity contribution in [1.29, 1.82) is 0 Å². The van der Waals surface area contributed by atoms with Gasteiger partial charge in [0.2, 0.25) is 0 Å². The third kappa shape index (κ3) is 4.96. The summed E-state index contributed by atoms with van der Waals surface area (Å²) in [5.41, 5.74) is 0. The van der Waals surface area contributed by atoms with Crippen molar-refractivity contribution in [2.24, 2.45) is 0 Å². The van der Waals surface area contributed by atoms with E-state index in [-0.39, 0.29) is 30.1 Å². The number of benzene rings is 1. The van der Waals surface area contributed by atoms with Gasteiger partial charge in [0, 0.05) is 11.4 Å². The number of ether oxygens (including phenoxy) is 1. The summed E-state index contributed by atoms with van der Waals surface area (Å²) in [5.74, 6) is 0.0576. The van der Waals surface area contributed by atoms with Gasteiger partial charge in [0.25, 0.3) is 5.91 Å².